The quantitative estimate of drug-likeness (QED) is 0.711. The van der Waals surface area contributed by atoms with E-state index in [2.05, 4.69) is 10.3 Å². The van der Waals surface area contributed by atoms with Crippen LogP contribution < -0.4 is 11.1 Å². The lowest BCUT2D eigenvalue weighted by molar-refractivity contribution is -0.118. The molecule has 0 spiro atoms. The van der Waals surface area contributed by atoms with Crippen LogP contribution in [-0.4, -0.2) is 23.3 Å². The second kappa shape index (κ2) is 6.43. The van der Waals surface area contributed by atoms with Crippen molar-refractivity contribution in [3.8, 4) is 0 Å². The summed E-state index contributed by atoms with van der Waals surface area (Å²) in [6.07, 6.45) is 1.81. The van der Waals surface area contributed by atoms with E-state index in [0.29, 0.717) is 24.9 Å². The lowest BCUT2D eigenvalue weighted by atomic mass is 10.1. The number of fused-ring (bicyclic) bond motifs is 1. The predicted molar refractivity (Wildman–Crippen MR) is 83.2 cm³/mol. The number of hydrogen-bond acceptors (Lipinski definition) is 2. The molecule has 0 atom stereocenters. The number of carbonyl (C=O) groups excluding carboxylic acids is 2. The van der Waals surface area contributed by atoms with Crippen LogP contribution in [0.15, 0.2) is 18.2 Å². The number of unbranched alkanes of at least 4 members (excludes halogenated alkanes) is 1. The van der Waals surface area contributed by atoms with E-state index in [1.54, 1.807) is 0 Å². The number of rotatable bonds is 6. The Morgan fingerprint density at radius 3 is 2.71 bits per heavy atom. The molecule has 0 aliphatic rings. The minimum absolute atomic E-state index is 0.0887. The van der Waals surface area contributed by atoms with Crippen molar-refractivity contribution < 1.29 is 9.59 Å². The molecule has 1 aromatic carbocycles. The lowest BCUT2D eigenvalue weighted by Crippen LogP contribution is -2.24. The van der Waals surface area contributed by atoms with Crippen LogP contribution >= 0.6 is 0 Å². The maximum Gasteiger partial charge on any atom is 0.251 e. The number of benzene rings is 1. The Bertz CT molecular complexity index is 673. The highest BCUT2D eigenvalue weighted by Crippen LogP contribution is 2.22. The van der Waals surface area contributed by atoms with E-state index < -0.39 is 0 Å². The molecule has 0 unspecified atom stereocenters. The Balaban J connectivity index is 1.96. The Morgan fingerprint density at radius 1 is 1.24 bits per heavy atom. The van der Waals surface area contributed by atoms with E-state index >= 15 is 0 Å². The monoisotopic (exact) mass is 287 g/mol. The molecule has 0 aliphatic carbocycles. The van der Waals surface area contributed by atoms with Gasteiger partial charge in [0.2, 0.25) is 5.91 Å². The summed E-state index contributed by atoms with van der Waals surface area (Å²) in [6.45, 7) is 4.61. The first kappa shape index (κ1) is 15.1. The van der Waals surface area contributed by atoms with Crippen LogP contribution in [-0.2, 0) is 4.79 Å². The average molecular weight is 287 g/mol. The van der Waals surface area contributed by atoms with Crippen LogP contribution in [0.25, 0.3) is 10.9 Å². The number of carbonyl (C=O) groups is 2. The van der Waals surface area contributed by atoms with Crippen molar-refractivity contribution in [2.75, 3.05) is 6.54 Å². The number of hydrogen-bond donors (Lipinski definition) is 3. The largest absolute Gasteiger partial charge is 0.370 e. The molecule has 2 amide bonds. The molecule has 4 N–H and O–H groups in total. The van der Waals surface area contributed by atoms with Crippen LogP contribution in [0.2, 0.25) is 0 Å². The van der Waals surface area contributed by atoms with Gasteiger partial charge in [-0.2, -0.15) is 0 Å². The van der Waals surface area contributed by atoms with Crippen molar-refractivity contribution in [3.05, 3.63) is 35.0 Å². The van der Waals surface area contributed by atoms with Crippen LogP contribution in [0.1, 0.15) is 40.9 Å². The molecule has 1 aromatic heterocycles. The van der Waals surface area contributed by atoms with Crippen molar-refractivity contribution in [2.24, 2.45) is 5.73 Å². The number of primary amides is 1. The van der Waals surface area contributed by atoms with Gasteiger partial charge < -0.3 is 16.0 Å². The number of aromatic amines is 1. The molecule has 0 aliphatic heterocycles. The maximum atomic E-state index is 12.1. The highest BCUT2D eigenvalue weighted by atomic mass is 16.2. The smallest absolute Gasteiger partial charge is 0.251 e. The molecule has 112 valence electrons. The first-order valence-electron chi connectivity index (χ1n) is 7.14. The molecule has 0 bridgehead atoms. The summed E-state index contributed by atoms with van der Waals surface area (Å²) < 4.78 is 0. The van der Waals surface area contributed by atoms with Crippen molar-refractivity contribution in [1.29, 1.82) is 0 Å². The zero-order valence-corrected chi connectivity index (χ0v) is 12.5. The van der Waals surface area contributed by atoms with E-state index in [1.165, 1.54) is 5.56 Å². The molecule has 1 heterocycles. The summed E-state index contributed by atoms with van der Waals surface area (Å²) in [4.78, 5) is 26.0. The Labute approximate surface area is 123 Å². The Morgan fingerprint density at radius 2 is 2.00 bits per heavy atom. The molecule has 2 rings (SSSR count). The zero-order valence-electron chi connectivity index (χ0n) is 12.5. The molecule has 0 fully saturated rings. The minimum atomic E-state index is -0.301. The van der Waals surface area contributed by atoms with Gasteiger partial charge in [0.15, 0.2) is 0 Å². The van der Waals surface area contributed by atoms with E-state index in [0.717, 1.165) is 23.0 Å². The van der Waals surface area contributed by atoms with E-state index in [4.69, 9.17) is 5.73 Å². The summed E-state index contributed by atoms with van der Waals surface area (Å²) in [7, 11) is 0. The van der Waals surface area contributed by atoms with Crippen molar-refractivity contribution in [2.45, 2.75) is 33.1 Å². The summed E-state index contributed by atoms with van der Waals surface area (Å²) in [5.41, 5.74) is 9.05. The number of nitrogens with one attached hydrogen (secondary N) is 2. The molecule has 0 saturated heterocycles. The number of nitrogens with two attached hydrogens (primary N) is 1. The molecular formula is C16H21N3O2. The average Bonchev–Trinajstić information content (AvgIpc) is 2.73. The topological polar surface area (TPSA) is 88.0 Å². The second-order valence-corrected chi connectivity index (χ2v) is 5.31. The number of aryl methyl sites for hydroxylation is 2. The van der Waals surface area contributed by atoms with Gasteiger partial charge in [0, 0.05) is 35.1 Å². The molecule has 2 aromatic rings. The van der Waals surface area contributed by atoms with E-state index in [9.17, 15) is 9.59 Å². The number of amides is 2. The number of H-pyrrole nitrogens is 1. The zero-order chi connectivity index (χ0) is 15.4. The van der Waals surface area contributed by atoms with Gasteiger partial charge in [0.05, 0.1) is 0 Å². The van der Waals surface area contributed by atoms with Crippen molar-refractivity contribution in [3.63, 3.8) is 0 Å². The first-order valence-corrected chi connectivity index (χ1v) is 7.14. The van der Waals surface area contributed by atoms with Gasteiger partial charge in [-0.25, -0.2) is 0 Å². The van der Waals surface area contributed by atoms with Crippen LogP contribution in [0.3, 0.4) is 0 Å². The van der Waals surface area contributed by atoms with Gasteiger partial charge in [0.1, 0.15) is 0 Å². The van der Waals surface area contributed by atoms with Crippen LogP contribution in [0.4, 0.5) is 0 Å². The molecule has 5 nitrogen and oxygen atoms in total. The fourth-order valence-corrected chi connectivity index (χ4v) is 2.33. The van der Waals surface area contributed by atoms with Crippen molar-refractivity contribution in [1.82, 2.24) is 10.3 Å². The molecule has 5 heteroatoms. The molecular weight excluding hydrogens is 266 g/mol. The predicted octanol–water partition coefficient (Wildman–Crippen LogP) is 2.17. The van der Waals surface area contributed by atoms with Gasteiger partial charge in [-0.3, -0.25) is 9.59 Å². The van der Waals surface area contributed by atoms with Crippen LogP contribution in [0.5, 0.6) is 0 Å². The fraction of sp³-hybridized carbons (Fsp3) is 0.375. The Hall–Kier alpha value is -2.30. The van der Waals surface area contributed by atoms with E-state index in [1.807, 2.05) is 32.0 Å². The normalized spacial score (nSPS) is 10.8. The van der Waals surface area contributed by atoms with Crippen molar-refractivity contribution >= 4 is 22.7 Å². The first-order chi connectivity index (χ1) is 9.99. The van der Waals surface area contributed by atoms with Gasteiger partial charge >= 0.3 is 0 Å². The summed E-state index contributed by atoms with van der Waals surface area (Å²) in [5, 5.41) is 3.94. The van der Waals surface area contributed by atoms with Gasteiger partial charge in [-0.1, -0.05) is 0 Å². The SMILES string of the molecule is Cc1[nH]c2ccc(C(=O)NCCCCC(N)=O)cc2c1C. The standard InChI is InChI=1S/C16H21N3O2/c1-10-11(2)19-14-7-6-12(9-13(10)14)16(21)18-8-4-3-5-15(17)20/h6-7,9,19H,3-5,8H2,1-2H3,(H2,17,20)(H,18,21). The maximum absolute atomic E-state index is 12.1. The van der Waals surface area contributed by atoms with Crippen LogP contribution in [0, 0.1) is 13.8 Å². The third-order valence-corrected chi connectivity index (χ3v) is 3.71. The number of aromatic nitrogens is 1. The highest BCUT2D eigenvalue weighted by molar-refractivity contribution is 5.99. The van der Waals surface area contributed by atoms with Gasteiger partial charge in [-0.15, -0.1) is 0 Å². The summed E-state index contributed by atoms with van der Waals surface area (Å²) in [6, 6.07) is 5.65. The fourth-order valence-electron chi connectivity index (χ4n) is 2.33. The minimum Gasteiger partial charge on any atom is -0.370 e. The summed E-state index contributed by atoms with van der Waals surface area (Å²) in [5.74, 6) is -0.390. The Kier molecular flexibility index (Phi) is 4.62. The third-order valence-electron chi connectivity index (χ3n) is 3.71. The summed E-state index contributed by atoms with van der Waals surface area (Å²) >= 11 is 0. The molecule has 21 heavy (non-hydrogen) atoms. The lowest BCUT2D eigenvalue weighted by Gasteiger charge is -2.05. The van der Waals surface area contributed by atoms with Gasteiger partial charge in [0.25, 0.3) is 5.91 Å². The van der Waals surface area contributed by atoms with E-state index in [-0.39, 0.29) is 11.8 Å². The van der Waals surface area contributed by atoms with Gasteiger partial charge in [-0.05, 0) is 50.5 Å². The highest BCUT2D eigenvalue weighted by Gasteiger charge is 2.09. The molecule has 0 radical (unpaired) electrons. The third kappa shape index (κ3) is 3.62. The second-order valence-electron chi connectivity index (χ2n) is 5.31. The molecule has 0 saturated carbocycles.